The molecule has 1 aliphatic heterocycles. The number of benzene rings is 2. The van der Waals surface area contributed by atoms with Gasteiger partial charge in [0.2, 0.25) is 0 Å². The molecular weight excluding hydrogens is 332 g/mol. The highest BCUT2D eigenvalue weighted by molar-refractivity contribution is 6.36. The first-order valence-electron chi connectivity index (χ1n) is 8.40. The number of hydrogen-bond donors (Lipinski definition) is 0. The largest absolute Gasteiger partial charge is 0.281 e. The molecule has 23 heavy (non-hydrogen) atoms. The van der Waals surface area contributed by atoms with Gasteiger partial charge >= 0.3 is 0 Å². The van der Waals surface area contributed by atoms with E-state index in [1.165, 1.54) is 4.57 Å². The molecule has 0 spiro atoms. The minimum Gasteiger partial charge on any atom is -0.281 e. The molecule has 0 bridgehead atoms. The number of aromatic nitrogens is 3. The van der Waals surface area contributed by atoms with Gasteiger partial charge in [0.25, 0.3) is 0 Å². The number of rotatable bonds is 1. The summed E-state index contributed by atoms with van der Waals surface area (Å²) in [5.41, 5.74) is 2.66. The van der Waals surface area contributed by atoms with E-state index in [0.29, 0.717) is 32.8 Å². The zero-order valence-corrected chi connectivity index (χ0v) is 13.3. The molecule has 4 rings (SSSR count). The summed E-state index contributed by atoms with van der Waals surface area (Å²) in [6.45, 7) is -2.23. The molecule has 1 aliphatic rings. The summed E-state index contributed by atoms with van der Waals surface area (Å²) in [5, 5.41) is 8.96. The molecule has 0 fully saturated rings. The summed E-state index contributed by atoms with van der Waals surface area (Å²) in [6.07, 6.45) is 0. The molecule has 0 amide bonds. The second-order valence-corrected chi connectivity index (χ2v) is 5.93. The standard InChI is InChI=1S/C17H12Cl2N4/c1-10-21-22-16-9-20-17(12-4-2-3-5-14(12)19)13-8-11(18)6-7-15(13)23(10)16/h2-8H,9H2,1H3/i1D3,10+1. The Hall–Kier alpha value is -2.17. The molecule has 0 unspecified atom stereocenters. The van der Waals surface area contributed by atoms with E-state index in [1.54, 1.807) is 24.3 Å². The van der Waals surface area contributed by atoms with Gasteiger partial charge in [0.15, 0.2) is 5.82 Å². The van der Waals surface area contributed by atoms with E-state index in [1.807, 2.05) is 18.2 Å². The highest BCUT2D eigenvalue weighted by atomic mass is 35.5. The maximum absolute atomic E-state index is 7.76. The van der Waals surface area contributed by atoms with Crippen LogP contribution in [0, 0.1) is 6.85 Å². The average Bonchev–Trinajstić information content (AvgIpc) is 2.95. The van der Waals surface area contributed by atoms with Gasteiger partial charge in [-0.2, -0.15) is 0 Å². The summed E-state index contributed by atoms with van der Waals surface area (Å²) in [6, 6.07) is 12.5. The van der Waals surface area contributed by atoms with Gasteiger partial charge in [-0.3, -0.25) is 9.56 Å². The van der Waals surface area contributed by atoms with Crippen molar-refractivity contribution < 1.29 is 4.11 Å². The van der Waals surface area contributed by atoms with Gasteiger partial charge in [-0.25, -0.2) is 0 Å². The smallest absolute Gasteiger partial charge is 0.159 e. The zero-order valence-electron chi connectivity index (χ0n) is 14.8. The van der Waals surface area contributed by atoms with Crippen molar-refractivity contribution in [2.24, 2.45) is 4.99 Å². The first kappa shape index (κ1) is 11.4. The van der Waals surface area contributed by atoms with Crippen LogP contribution in [-0.4, -0.2) is 20.5 Å². The molecule has 4 nitrogen and oxygen atoms in total. The quantitative estimate of drug-likeness (QED) is 0.661. The third-order valence-electron chi connectivity index (χ3n) is 3.69. The van der Waals surface area contributed by atoms with Crippen molar-refractivity contribution in [2.75, 3.05) is 0 Å². The summed E-state index contributed by atoms with van der Waals surface area (Å²) in [5.74, 6) is 0.341. The van der Waals surface area contributed by atoms with Crippen molar-refractivity contribution in [1.82, 2.24) is 14.8 Å². The Morgan fingerprint density at radius 3 is 2.78 bits per heavy atom. The Labute approximate surface area is 147 Å². The van der Waals surface area contributed by atoms with Crippen molar-refractivity contribution in [3.8, 4) is 5.69 Å². The van der Waals surface area contributed by atoms with Gasteiger partial charge in [-0.1, -0.05) is 41.4 Å². The number of aliphatic imine (C=N–C) groups is 1. The molecule has 3 aromatic rings. The minimum atomic E-state index is -2.41. The van der Waals surface area contributed by atoms with Crippen LogP contribution in [0.4, 0.5) is 0 Å². The number of fused-ring (bicyclic) bond motifs is 3. The summed E-state index contributed by atoms with van der Waals surface area (Å²) >= 11 is 12.6. The topological polar surface area (TPSA) is 43.1 Å². The second kappa shape index (κ2) is 5.48. The van der Waals surface area contributed by atoms with Crippen LogP contribution in [0.3, 0.4) is 0 Å². The molecular formula is C17H12Cl2N4. The molecule has 2 heterocycles. The van der Waals surface area contributed by atoms with Crippen LogP contribution in [0.1, 0.15) is 26.9 Å². The van der Waals surface area contributed by atoms with Gasteiger partial charge < -0.3 is 0 Å². The van der Waals surface area contributed by atoms with Gasteiger partial charge in [0, 0.05) is 25.3 Å². The minimum absolute atomic E-state index is 0.105. The van der Waals surface area contributed by atoms with E-state index in [-0.39, 0.29) is 12.4 Å². The average molecular weight is 347 g/mol. The number of aryl methyl sites for hydroxylation is 1. The molecule has 2 aromatic carbocycles. The predicted octanol–water partition coefficient (Wildman–Crippen LogP) is 4.23. The second-order valence-electron chi connectivity index (χ2n) is 5.08. The Balaban J connectivity index is 2.02. The van der Waals surface area contributed by atoms with E-state index in [9.17, 15) is 0 Å². The Bertz CT molecular complexity index is 1040. The van der Waals surface area contributed by atoms with Crippen LogP contribution in [0.5, 0.6) is 0 Å². The van der Waals surface area contributed by atoms with Crippen molar-refractivity contribution >= 4 is 28.9 Å². The SMILES string of the molecule is [2H]C([2H])([2H])[13c]1nnc2n1-c1ccc(Cl)cc1C(c1ccccc1Cl)=NC2. The third-order valence-corrected chi connectivity index (χ3v) is 4.26. The lowest BCUT2D eigenvalue weighted by Gasteiger charge is -2.13. The highest BCUT2D eigenvalue weighted by Gasteiger charge is 2.22. The van der Waals surface area contributed by atoms with Crippen LogP contribution in [0.2, 0.25) is 10.0 Å². The van der Waals surface area contributed by atoms with Crippen LogP contribution >= 0.6 is 23.2 Å². The van der Waals surface area contributed by atoms with Crippen LogP contribution in [0.25, 0.3) is 5.69 Å². The van der Waals surface area contributed by atoms with Crippen LogP contribution in [-0.2, 0) is 6.54 Å². The van der Waals surface area contributed by atoms with E-state index in [0.717, 1.165) is 5.56 Å². The molecule has 0 saturated heterocycles. The molecule has 0 radical (unpaired) electrons. The molecule has 0 aliphatic carbocycles. The Morgan fingerprint density at radius 2 is 1.96 bits per heavy atom. The lowest BCUT2D eigenvalue weighted by Crippen LogP contribution is -2.08. The molecule has 1 aromatic heterocycles. The maximum atomic E-state index is 7.76. The highest BCUT2D eigenvalue weighted by Crippen LogP contribution is 2.30. The normalized spacial score (nSPS) is 15.6. The van der Waals surface area contributed by atoms with E-state index < -0.39 is 6.85 Å². The van der Waals surface area contributed by atoms with Gasteiger partial charge in [-0.05, 0) is 31.1 Å². The predicted molar refractivity (Wildman–Crippen MR) is 91.9 cm³/mol. The summed E-state index contributed by atoms with van der Waals surface area (Å²) in [4.78, 5) is 4.64. The summed E-state index contributed by atoms with van der Waals surface area (Å²) < 4.78 is 24.8. The maximum Gasteiger partial charge on any atom is 0.159 e. The first-order chi connectivity index (χ1) is 12.4. The van der Waals surface area contributed by atoms with Gasteiger partial charge in [-0.15, -0.1) is 10.2 Å². The van der Waals surface area contributed by atoms with E-state index in [4.69, 9.17) is 27.3 Å². The Kier molecular flexibility index (Phi) is 2.71. The van der Waals surface area contributed by atoms with Gasteiger partial charge in [0.05, 0.1) is 11.4 Å². The van der Waals surface area contributed by atoms with Crippen molar-refractivity contribution in [2.45, 2.75) is 13.4 Å². The lowest BCUT2D eigenvalue weighted by atomic mass is 10.0. The van der Waals surface area contributed by atoms with Crippen LogP contribution < -0.4 is 0 Å². The fourth-order valence-electron chi connectivity index (χ4n) is 2.68. The van der Waals surface area contributed by atoms with E-state index in [2.05, 4.69) is 15.2 Å². The first-order valence-corrected chi connectivity index (χ1v) is 7.66. The number of hydrogen-bond acceptors (Lipinski definition) is 3. The van der Waals surface area contributed by atoms with Crippen molar-refractivity contribution in [1.29, 1.82) is 0 Å². The van der Waals surface area contributed by atoms with E-state index >= 15 is 0 Å². The fraction of sp³-hybridized carbons (Fsp3) is 0.118. The number of halogens is 2. The molecule has 0 saturated carbocycles. The lowest BCUT2D eigenvalue weighted by molar-refractivity contribution is 0.862. The summed E-state index contributed by atoms with van der Waals surface area (Å²) in [7, 11) is 0. The molecule has 114 valence electrons. The van der Waals surface area contributed by atoms with Crippen LogP contribution in [0.15, 0.2) is 47.5 Å². The van der Waals surface area contributed by atoms with Gasteiger partial charge in [0.1, 0.15) is 12.4 Å². The third kappa shape index (κ3) is 2.35. The Morgan fingerprint density at radius 1 is 1.09 bits per heavy atom. The zero-order chi connectivity index (χ0) is 18.5. The van der Waals surface area contributed by atoms with Crippen molar-refractivity contribution in [3.05, 3.63) is 75.3 Å². The number of nitrogens with zero attached hydrogens (tertiary/aromatic N) is 4. The monoisotopic (exact) mass is 346 g/mol. The molecule has 0 N–H and O–H groups in total. The van der Waals surface area contributed by atoms with Crippen molar-refractivity contribution in [3.63, 3.8) is 0 Å². The molecule has 0 atom stereocenters. The molecule has 6 heteroatoms. The fourth-order valence-corrected chi connectivity index (χ4v) is 3.08.